The Balaban J connectivity index is 1.11. The zero-order valence-electron chi connectivity index (χ0n) is 20.9. The fourth-order valence-electron chi connectivity index (χ4n) is 6.36. The van der Waals surface area contributed by atoms with E-state index in [-0.39, 0.29) is 47.5 Å². The summed E-state index contributed by atoms with van der Waals surface area (Å²) in [4.78, 5) is 18.6. The third kappa shape index (κ3) is 4.17. The lowest BCUT2D eigenvalue weighted by molar-refractivity contribution is 0.0145. The summed E-state index contributed by atoms with van der Waals surface area (Å²) in [7, 11) is 0. The minimum Gasteiger partial charge on any atom is -0.478 e. The van der Waals surface area contributed by atoms with Crippen LogP contribution in [0.4, 0.5) is 14.6 Å². The number of aromatic carboxylic acids is 1. The Kier molecular flexibility index (Phi) is 5.72. The molecular weight excluding hydrogens is 492 g/mol. The Bertz CT molecular complexity index is 1370. The van der Waals surface area contributed by atoms with Crippen molar-refractivity contribution in [1.29, 1.82) is 0 Å². The number of aromatic nitrogens is 2. The minimum atomic E-state index is -0.949. The molecule has 0 radical (unpaired) electrons. The molecule has 9 heteroatoms. The summed E-state index contributed by atoms with van der Waals surface area (Å²) in [5, 5.41) is 13.5. The fourth-order valence-corrected chi connectivity index (χ4v) is 6.36. The van der Waals surface area contributed by atoms with Crippen LogP contribution in [0.1, 0.15) is 90.4 Å². The molecule has 4 heterocycles. The van der Waals surface area contributed by atoms with Gasteiger partial charge in [-0.25, -0.2) is 18.6 Å². The van der Waals surface area contributed by atoms with E-state index < -0.39 is 17.6 Å². The highest BCUT2D eigenvalue weighted by atomic mass is 19.1. The number of fused-ring (bicyclic) bond motifs is 2. The third-order valence-corrected chi connectivity index (χ3v) is 8.52. The normalized spacial score (nSPS) is 24.7. The predicted molar refractivity (Wildman–Crippen MR) is 134 cm³/mol. The van der Waals surface area contributed by atoms with Crippen LogP contribution in [0.15, 0.2) is 35.0 Å². The Morgan fingerprint density at radius 3 is 2.37 bits per heavy atom. The molecule has 7 rings (SSSR count). The summed E-state index contributed by atoms with van der Waals surface area (Å²) in [6.45, 7) is 0.196. The van der Waals surface area contributed by atoms with Crippen LogP contribution in [-0.4, -0.2) is 39.4 Å². The molecule has 0 amide bonds. The van der Waals surface area contributed by atoms with Gasteiger partial charge in [0.15, 0.2) is 0 Å². The topological polar surface area (TPSA) is 88.7 Å². The Labute approximate surface area is 218 Å². The van der Waals surface area contributed by atoms with Crippen LogP contribution in [0.5, 0.6) is 0 Å². The van der Waals surface area contributed by atoms with Crippen LogP contribution in [-0.2, 0) is 11.3 Å². The fraction of sp³-hybridized carbons (Fsp3) is 0.483. The SMILES string of the molecule is O=C(O)c1cnc(N2C3CCC2CC(OCc2c(-c4c(F)cccc4F)noc2C2CC2)C3)c(C2CC2)c1. The summed E-state index contributed by atoms with van der Waals surface area (Å²) < 4.78 is 41.2. The number of carboxylic acid groups (broad SMARTS) is 1. The molecule has 2 bridgehead atoms. The molecule has 38 heavy (non-hydrogen) atoms. The maximum atomic E-state index is 14.6. The van der Waals surface area contributed by atoms with E-state index in [2.05, 4.69) is 15.0 Å². The number of halogens is 2. The van der Waals surface area contributed by atoms with E-state index in [4.69, 9.17) is 9.26 Å². The van der Waals surface area contributed by atoms with Gasteiger partial charge in [0.25, 0.3) is 0 Å². The van der Waals surface area contributed by atoms with Crippen molar-refractivity contribution in [3.8, 4) is 11.3 Å². The first-order valence-corrected chi connectivity index (χ1v) is 13.5. The first kappa shape index (κ1) is 23.8. The van der Waals surface area contributed by atoms with Crippen LogP contribution in [0, 0.1) is 11.6 Å². The van der Waals surface area contributed by atoms with Gasteiger partial charge in [-0.2, -0.15) is 0 Å². The summed E-state index contributed by atoms with van der Waals surface area (Å²) >= 11 is 0. The zero-order valence-corrected chi connectivity index (χ0v) is 20.9. The van der Waals surface area contributed by atoms with E-state index in [1.165, 1.54) is 24.4 Å². The number of hydrogen-bond acceptors (Lipinski definition) is 6. The maximum Gasteiger partial charge on any atom is 0.337 e. The summed E-state index contributed by atoms with van der Waals surface area (Å²) in [6, 6.07) is 6.12. The smallest absolute Gasteiger partial charge is 0.337 e. The van der Waals surface area contributed by atoms with Gasteiger partial charge < -0.3 is 19.3 Å². The second kappa shape index (κ2) is 9.15. The number of benzene rings is 1. The van der Waals surface area contributed by atoms with E-state index in [1.807, 2.05) is 0 Å². The molecule has 7 nitrogen and oxygen atoms in total. The molecule has 2 saturated carbocycles. The molecule has 4 aliphatic rings. The van der Waals surface area contributed by atoms with Gasteiger partial charge in [-0.05, 0) is 81.0 Å². The Morgan fingerprint density at radius 2 is 1.74 bits per heavy atom. The van der Waals surface area contributed by atoms with Gasteiger partial charge >= 0.3 is 5.97 Å². The van der Waals surface area contributed by atoms with Gasteiger partial charge in [0.1, 0.15) is 28.9 Å². The van der Waals surface area contributed by atoms with Crippen molar-refractivity contribution >= 4 is 11.8 Å². The van der Waals surface area contributed by atoms with Crippen LogP contribution < -0.4 is 4.90 Å². The number of nitrogens with zero attached hydrogens (tertiary/aromatic N) is 3. The number of carbonyl (C=O) groups is 1. The zero-order chi connectivity index (χ0) is 26.0. The molecule has 2 unspecified atom stereocenters. The van der Waals surface area contributed by atoms with Crippen molar-refractivity contribution in [2.24, 2.45) is 0 Å². The third-order valence-electron chi connectivity index (χ3n) is 8.52. The molecule has 1 N–H and O–H groups in total. The number of anilines is 1. The molecule has 4 fully saturated rings. The molecule has 2 aliphatic heterocycles. The van der Waals surface area contributed by atoms with Crippen LogP contribution >= 0.6 is 0 Å². The summed E-state index contributed by atoms with van der Waals surface area (Å²) in [5.41, 5.74) is 1.97. The van der Waals surface area contributed by atoms with Gasteiger partial charge in [-0.3, -0.25) is 0 Å². The average Bonchev–Trinajstić information content (AvgIpc) is 3.83. The lowest BCUT2D eigenvalue weighted by atomic mass is 9.97. The van der Waals surface area contributed by atoms with E-state index in [0.29, 0.717) is 17.2 Å². The van der Waals surface area contributed by atoms with Gasteiger partial charge in [-0.1, -0.05) is 11.2 Å². The van der Waals surface area contributed by atoms with Crippen molar-refractivity contribution in [2.75, 3.05) is 4.90 Å². The molecule has 1 aromatic carbocycles. The highest BCUT2D eigenvalue weighted by Gasteiger charge is 2.44. The quantitative estimate of drug-likeness (QED) is 0.378. The number of pyridine rings is 1. The lowest BCUT2D eigenvalue weighted by Gasteiger charge is -2.40. The second-order valence-electron chi connectivity index (χ2n) is 11.2. The second-order valence-corrected chi connectivity index (χ2v) is 11.2. The van der Waals surface area contributed by atoms with Gasteiger partial charge in [0.05, 0.1) is 23.8 Å². The molecule has 2 aliphatic carbocycles. The van der Waals surface area contributed by atoms with Crippen molar-refractivity contribution in [3.63, 3.8) is 0 Å². The maximum absolute atomic E-state index is 14.6. The number of carboxylic acids is 1. The standard InChI is InChI=1S/C29H29F2N3O4/c30-23-2-1-3-24(31)25(23)26-22(27(38-33-26)16-6-7-16)14-37-20-11-18-8-9-19(12-20)34(18)28-21(15-4-5-15)10-17(13-32-28)29(35)36/h1-3,10,13,15-16,18-20H,4-9,11-12,14H2,(H,35,36). The van der Waals surface area contributed by atoms with Crippen LogP contribution in [0.3, 0.4) is 0 Å². The van der Waals surface area contributed by atoms with E-state index >= 15 is 0 Å². The molecule has 3 aromatic rings. The molecular formula is C29H29F2N3O4. The highest BCUT2D eigenvalue weighted by molar-refractivity contribution is 5.88. The van der Waals surface area contributed by atoms with Gasteiger partial charge in [-0.15, -0.1) is 0 Å². The number of piperidine rings is 1. The lowest BCUT2D eigenvalue weighted by Crippen LogP contribution is -2.46. The van der Waals surface area contributed by atoms with Crippen molar-refractivity contribution in [1.82, 2.24) is 10.1 Å². The van der Waals surface area contributed by atoms with Crippen LogP contribution in [0.2, 0.25) is 0 Å². The molecule has 0 spiro atoms. The molecule has 198 valence electrons. The predicted octanol–water partition coefficient (Wildman–Crippen LogP) is 6.18. The number of rotatable bonds is 8. The molecule has 2 aromatic heterocycles. The Hall–Kier alpha value is -3.33. The minimum absolute atomic E-state index is 0.00770. The highest BCUT2D eigenvalue weighted by Crippen LogP contribution is 2.49. The number of hydrogen-bond donors (Lipinski definition) is 1. The summed E-state index contributed by atoms with van der Waals surface area (Å²) in [5.74, 6) is -0.0619. The molecule has 2 atom stereocenters. The Morgan fingerprint density at radius 1 is 1.05 bits per heavy atom. The summed E-state index contributed by atoms with van der Waals surface area (Å²) in [6.07, 6.45) is 9.24. The monoisotopic (exact) mass is 521 g/mol. The van der Waals surface area contributed by atoms with Crippen molar-refractivity contribution < 1.29 is 27.9 Å². The van der Waals surface area contributed by atoms with Gasteiger partial charge in [0, 0.05) is 29.8 Å². The molecule has 2 saturated heterocycles. The largest absolute Gasteiger partial charge is 0.478 e. The van der Waals surface area contributed by atoms with Gasteiger partial charge in [0.2, 0.25) is 0 Å². The van der Waals surface area contributed by atoms with Crippen LogP contribution in [0.25, 0.3) is 11.3 Å². The van der Waals surface area contributed by atoms with E-state index in [9.17, 15) is 18.7 Å². The van der Waals surface area contributed by atoms with E-state index in [0.717, 1.165) is 62.7 Å². The average molecular weight is 522 g/mol. The first-order chi connectivity index (χ1) is 18.5. The number of ether oxygens (including phenoxy) is 1. The van der Waals surface area contributed by atoms with Crippen molar-refractivity contribution in [3.05, 3.63) is 64.5 Å². The van der Waals surface area contributed by atoms with E-state index in [1.54, 1.807) is 6.07 Å². The first-order valence-electron chi connectivity index (χ1n) is 13.5. The van der Waals surface area contributed by atoms with Crippen molar-refractivity contribution in [2.45, 2.75) is 88.0 Å².